The smallest absolute Gasteiger partial charge is 0.253 e. The Labute approximate surface area is 164 Å². The normalized spacial score (nSPS) is 18.1. The van der Waals surface area contributed by atoms with Crippen LogP contribution in [0, 0.1) is 0 Å². The van der Waals surface area contributed by atoms with Crippen molar-refractivity contribution in [1.29, 1.82) is 0 Å². The minimum absolute atomic E-state index is 0.116. The molecule has 2 aromatic heterocycles. The van der Waals surface area contributed by atoms with Crippen LogP contribution in [0.5, 0.6) is 0 Å². The molecule has 0 aliphatic carbocycles. The number of likely N-dealkylation sites (tertiary alicyclic amines) is 1. The van der Waals surface area contributed by atoms with Crippen molar-refractivity contribution in [1.82, 2.24) is 24.8 Å². The number of hydrogen-bond donors (Lipinski definition) is 1. The van der Waals surface area contributed by atoms with E-state index in [2.05, 4.69) is 20.9 Å². The maximum absolute atomic E-state index is 12.8. The van der Waals surface area contributed by atoms with Gasteiger partial charge in [0.15, 0.2) is 0 Å². The number of carbonyl (C=O) groups is 1. The number of benzene rings is 1. The molecule has 0 atom stereocenters. The van der Waals surface area contributed by atoms with E-state index in [0.717, 1.165) is 61.7 Å². The molecule has 0 unspecified atom stereocenters. The largest absolute Gasteiger partial charge is 0.338 e. The predicted molar refractivity (Wildman–Crippen MR) is 107 cm³/mol. The van der Waals surface area contributed by atoms with Crippen molar-refractivity contribution < 1.29 is 4.79 Å². The molecule has 1 aromatic carbocycles. The van der Waals surface area contributed by atoms with Crippen LogP contribution in [0.4, 0.5) is 0 Å². The summed E-state index contributed by atoms with van der Waals surface area (Å²) in [5, 5.41) is 3.72. The highest BCUT2D eigenvalue weighted by Crippen LogP contribution is 2.36. The monoisotopic (exact) mass is 373 g/mol. The number of amides is 1. The van der Waals surface area contributed by atoms with E-state index in [0.29, 0.717) is 0 Å². The van der Waals surface area contributed by atoms with Crippen molar-refractivity contribution in [2.75, 3.05) is 19.6 Å². The number of imidazole rings is 1. The van der Waals surface area contributed by atoms with E-state index in [1.807, 2.05) is 53.7 Å². The summed E-state index contributed by atoms with van der Waals surface area (Å²) in [6, 6.07) is 13.6. The Balaban J connectivity index is 1.39. The lowest BCUT2D eigenvalue weighted by atomic mass is 9.85. The molecule has 2 aliphatic heterocycles. The third kappa shape index (κ3) is 2.81. The lowest BCUT2D eigenvalue weighted by molar-refractivity contribution is 0.0607. The zero-order valence-corrected chi connectivity index (χ0v) is 15.7. The molecular formula is C22H23N5O. The Morgan fingerprint density at radius 1 is 1.00 bits per heavy atom. The highest BCUT2D eigenvalue weighted by molar-refractivity contribution is 5.94. The summed E-state index contributed by atoms with van der Waals surface area (Å²) in [5.41, 5.74) is 2.81. The minimum Gasteiger partial charge on any atom is -0.338 e. The van der Waals surface area contributed by atoms with Crippen LogP contribution in [0.25, 0.3) is 11.3 Å². The second-order valence-electron chi connectivity index (χ2n) is 7.53. The molecule has 0 radical (unpaired) electrons. The van der Waals surface area contributed by atoms with Gasteiger partial charge in [-0.15, -0.1) is 0 Å². The number of hydrogen-bond acceptors (Lipinski definition) is 4. The Bertz CT molecular complexity index is 975. The number of rotatable bonds is 2. The number of nitrogens with zero attached hydrogens (tertiary/aromatic N) is 4. The number of pyridine rings is 1. The molecule has 6 heteroatoms. The summed E-state index contributed by atoms with van der Waals surface area (Å²) >= 11 is 0. The molecule has 0 bridgehead atoms. The van der Waals surface area contributed by atoms with Crippen LogP contribution in [-0.4, -0.2) is 45.0 Å². The molecule has 1 amide bonds. The lowest BCUT2D eigenvalue weighted by Crippen LogP contribution is -2.56. The van der Waals surface area contributed by atoms with Gasteiger partial charge in [-0.05, 0) is 37.1 Å². The fraction of sp³-hybridized carbons (Fsp3) is 0.318. The fourth-order valence-electron chi connectivity index (χ4n) is 4.47. The van der Waals surface area contributed by atoms with Crippen molar-refractivity contribution in [2.24, 2.45) is 0 Å². The van der Waals surface area contributed by atoms with E-state index in [4.69, 9.17) is 4.98 Å². The van der Waals surface area contributed by atoms with Crippen molar-refractivity contribution in [3.63, 3.8) is 0 Å². The zero-order valence-electron chi connectivity index (χ0n) is 15.7. The maximum atomic E-state index is 12.8. The van der Waals surface area contributed by atoms with Crippen LogP contribution in [0.1, 0.15) is 29.0 Å². The van der Waals surface area contributed by atoms with Gasteiger partial charge in [0.2, 0.25) is 0 Å². The average Bonchev–Trinajstić information content (AvgIpc) is 3.21. The summed E-state index contributed by atoms with van der Waals surface area (Å²) in [4.78, 5) is 23.8. The number of aromatic nitrogens is 3. The highest BCUT2D eigenvalue weighted by atomic mass is 16.2. The molecule has 142 valence electrons. The molecule has 4 heterocycles. The van der Waals surface area contributed by atoms with Gasteiger partial charge in [0.1, 0.15) is 5.82 Å². The first-order valence-electron chi connectivity index (χ1n) is 9.83. The summed E-state index contributed by atoms with van der Waals surface area (Å²) < 4.78 is 2.32. The summed E-state index contributed by atoms with van der Waals surface area (Å²) in [6.07, 6.45) is 7.38. The van der Waals surface area contributed by atoms with E-state index in [1.54, 1.807) is 6.20 Å². The van der Waals surface area contributed by atoms with Crippen molar-refractivity contribution in [3.8, 4) is 11.3 Å². The molecule has 5 rings (SSSR count). The van der Waals surface area contributed by atoms with E-state index in [1.165, 1.54) is 0 Å². The molecule has 1 fully saturated rings. The zero-order chi connectivity index (χ0) is 19.0. The Morgan fingerprint density at radius 2 is 1.82 bits per heavy atom. The van der Waals surface area contributed by atoms with E-state index < -0.39 is 0 Å². The minimum atomic E-state index is -0.161. The summed E-state index contributed by atoms with van der Waals surface area (Å²) in [7, 11) is 0. The van der Waals surface area contributed by atoms with Gasteiger partial charge in [-0.1, -0.05) is 18.2 Å². The first kappa shape index (κ1) is 17.1. The van der Waals surface area contributed by atoms with Crippen LogP contribution in [0.3, 0.4) is 0 Å². The van der Waals surface area contributed by atoms with Crippen LogP contribution >= 0.6 is 0 Å². The summed E-state index contributed by atoms with van der Waals surface area (Å²) in [5.74, 6) is 1.20. The first-order valence-corrected chi connectivity index (χ1v) is 9.83. The topological polar surface area (TPSA) is 63.1 Å². The highest BCUT2D eigenvalue weighted by Gasteiger charge is 2.42. The van der Waals surface area contributed by atoms with E-state index >= 15 is 0 Å². The van der Waals surface area contributed by atoms with Gasteiger partial charge >= 0.3 is 0 Å². The van der Waals surface area contributed by atoms with Crippen molar-refractivity contribution in [2.45, 2.75) is 24.9 Å². The van der Waals surface area contributed by atoms with Crippen LogP contribution in [0.15, 0.2) is 61.1 Å². The van der Waals surface area contributed by atoms with Crippen molar-refractivity contribution >= 4 is 5.91 Å². The van der Waals surface area contributed by atoms with Gasteiger partial charge in [0, 0.05) is 49.7 Å². The first-order chi connectivity index (χ1) is 13.8. The third-order valence-electron chi connectivity index (χ3n) is 5.96. The van der Waals surface area contributed by atoms with Gasteiger partial charge in [0.25, 0.3) is 5.91 Å². The van der Waals surface area contributed by atoms with Crippen LogP contribution < -0.4 is 5.32 Å². The van der Waals surface area contributed by atoms with Crippen LogP contribution in [-0.2, 0) is 12.1 Å². The standard InChI is InChI=1S/C22H23N5O/c28-20(17-5-2-1-3-6-17)26-12-8-22(9-13-26)21-24-16-19(27(21)14-11-25-22)18-7-4-10-23-15-18/h1-7,10,15-16,25H,8-9,11-14H2. The predicted octanol–water partition coefficient (Wildman–Crippen LogP) is 2.68. The fourth-order valence-corrected chi connectivity index (χ4v) is 4.47. The molecule has 1 spiro atoms. The van der Waals surface area contributed by atoms with E-state index in [-0.39, 0.29) is 11.4 Å². The summed E-state index contributed by atoms with van der Waals surface area (Å²) in [6.45, 7) is 3.27. The second-order valence-corrected chi connectivity index (χ2v) is 7.53. The lowest BCUT2D eigenvalue weighted by Gasteiger charge is -2.44. The molecule has 6 nitrogen and oxygen atoms in total. The van der Waals surface area contributed by atoms with Gasteiger partial charge < -0.3 is 14.8 Å². The molecule has 3 aromatic rings. The number of piperidine rings is 1. The Kier molecular flexibility index (Phi) is 4.20. The SMILES string of the molecule is O=C(c1ccccc1)N1CCC2(CC1)NCCn1c(-c3cccnc3)cnc12. The number of fused-ring (bicyclic) bond motifs is 2. The third-order valence-corrected chi connectivity index (χ3v) is 5.96. The molecule has 0 saturated carbocycles. The molecule has 1 N–H and O–H groups in total. The Hall–Kier alpha value is -2.99. The van der Waals surface area contributed by atoms with Gasteiger partial charge in [-0.25, -0.2) is 4.98 Å². The number of nitrogens with one attached hydrogen (secondary N) is 1. The maximum Gasteiger partial charge on any atom is 0.253 e. The molecular weight excluding hydrogens is 350 g/mol. The number of carbonyl (C=O) groups excluding carboxylic acids is 1. The van der Waals surface area contributed by atoms with Crippen LogP contribution in [0.2, 0.25) is 0 Å². The van der Waals surface area contributed by atoms with Gasteiger partial charge in [-0.2, -0.15) is 0 Å². The average molecular weight is 373 g/mol. The van der Waals surface area contributed by atoms with Gasteiger partial charge in [-0.3, -0.25) is 9.78 Å². The van der Waals surface area contributed by atoms with E-state index in [9.17, 15) is 4.79 Å². The molecule has 2 aliphatic rings. The quantitative estimate of drug-likeness (QED) is 0.750. The van der Waals surface area contributed by atoms with Gasteiger partial charge in [0.05, 0.1) is 17.4 Å². The molecule has 28 heavy (non-hydrogen) atoms. The van der Waals surface area contributed by atoms with Crippen molar-refractivity contribution in [3.05, 3.63) is 72.4 Å². The second kappa shape index (κ2) is 6.87. The Morgan fingerprint density at radius 3 is 2.57 bits per heavy atom. The molecule has 1 saturated heterocycles.